The average molecular weight is 291 g/mol. The molecule has 0 aromatic carbocycles. The number of rotatable bonds is 5. The lowest BCUT2D eigenvalue weighted by atomic mass is 10.1. The Kier molecular flexibility index (Phi) is 5.28. The molecule has 0 aliphatic carbocycles. The first-order valence-electron chi connectivity index (χ1n) is 4.92. The zero-order valence-electron chi connectivity index (χ0n) is 9.08. The van der Waals surface area contributed by atoms with E-state index in [0.717, 1.165) is 0 Å². The molecule has 1 fully saturated rings. The SMILES string of the molecule is CC(CCl)(CCl)NS(=O)(=O)N1CCOCC1. The van der Waals surface area contributed by atoms with Crippen LogP contribution in [-0.2, 0) is 14.9 Å². The van der Waals surface area contributed by atoms with Crippen molar-refractivity contribution in [2.45, 2.75) is 12.5 Å². The van der Waals surface area contributed by atoms with Crippen LogP contribution >= 0.6 is 23.2 Å². The van der Waals surface area contributed by atoms with Gasteiger partial charge in [-0.3, -0.25) is 0 Å². The molecule has 1 aliphatic rings. The van der Waals surface area contributed by atoms with Gasteiger partial charge < -0.3 is 4.74 Å². The van der Waals surface area contributed by atoms with Crippen LogP contribution in [0.25, 0.3) is 0 Å². The van der Waals surface area contributed by atoms with Crippen LogP contribution in [0.15, 0.2) is 0 Å². The highest BCUT2D eigenvalue weighted by Crippen LogP contribution is 2.13. The van der Waals surface area contributed by atoms with Gasteiger partial charge in [0, 0.05) is 24.8 Å². The second-order valence-corrected chi connectivity index (χ2v) is 6.15. The van der Waals surface area contributed by atoms with Gasteiger partial charge in [0.2, 0.25) is 0 Å². The van der Waals surface area contributed by atoms with E-state index in [1.807, 2.05) is 0 Å². The molecule has 8 heteroatoms. The van der Waals surface area contributed by atoms with Gasteiger partial charge in [-0.25, -0.2) is 0 Å². The monoisotopic (exact) mass is 290 g/mol. The van der Waals surface area contributed by atoms with Crippen LogP contribution in [-0.4, -0.2) is 56.3 Å². The van der Waals surface area contributed by atoms with E-state index in [1.54, 1.807) is 6.92 Å². The largest absolute Gasteiger partial charge is 0.379 e. The maximum Gasteiger partial charge on any atom is 0.280 e. The first kappa shape index (κ1) is 14.5. The molecule has 0 bridgehead atoms. The third-order valence-corrected chi connectivity index (χ3v) is 5.25. The normalized spacial score (nSPS) is 19.9. The van der Waals surface area contributed by atoms with Crippen molar-refractivity contribution >= 4 is 33.4 Å². The first-order chi connectivity index (χ1) is 7.43. The van der Waals surface area contributed by atoms with E-state index in [-0.39, 0.29) is 11.8 Å². The van der Waals surface area contributed by atoms with Crippen molar-refractivity contribution in [3.8, 4) is 0 Å². The van der Waals surface area contributed by atoms with Crippen molar-refractivity contribution in [3.05, 3.63) is 0 Å². The lowest BCUT2D eigenvalue weighted by Crippen LogP contribution is -2.56. The average Bonchev–Trinajstić information content (AvgIpc) is 2.29. The lowest BCUT2D eigenvalue weighted by molar-refractivity contribution is 0.0721. The van der Waals surface area contributed by atoms with Crippen molar-refractivity contribution in [1.82, 2.24) is 9.03 Å². The number of hydrogen-bond acceptors (Lipinski definition) is 3. The quantitative estimate of drug-likeness (QED) is 0.745. The topological polar surface area (TPSA) is 58.6 Å². The van der Waals surface area contributed by atoms with Crippen molar-refractivity contribution in [2.75, 3.05) is 38.1 Å². The maximum atomic E-state index is 12.0. The molecule has 0 aromatic heterocycles. The Hall–Kier alpha value is 0.410. The molecule has 0 atom stereocenters. The fourth-order valence-electron chi connectivity index (χ4n) is 1.25. The molecule has 1 aliphatic heterocycles. The molecule has 0 saturated carbocycles. The molecule has 1 saturated heterocycles. The Bertz CT molecular complexity index is 313. The Balaban J connectivity index is 2.70. The number of ether oxygens (including phenoxy) is 1. The van der Waals surface area contributed by atoms with E-state index >= 15 is 0 Å². The summed E-state index contributed by atoms with van der Waals surface area (Å²) in [5.74, 6) is 0.250. The second kappa shape index (κ2) is 5.84. The van der Waals surface area contributed by atoms with Crippen LogP contribution in [0.4, 0.5) is 0 Å². The molecular weight excluding hydrogens is 275 g/mol. The third kappa shape index (κ3) is 3.72. The van der Waals surface area contributed by atoms with Crippen molar-refractivity contribution in [3.63, 3.8) is 0 Å². The van der Waals surface area contributed by atoms with Gasteiger partial charge in [-0.1, -0.05) is 0 Å². The maximum absolute atomic E-state index is 12.0. The van der Waals surface area contributed by atoms with Crippen molar-refractivity contribution < 1.29 is 13.2 Å². The van der Waals surface area contributed by atoms with Gasteiger partial charge in [0.15, 0.2) is 0 Å². The molecule has 1 heterocycles. The van der Waals surface area contributed by atoms with Crippen LogP contribution in [0, 0.1) is 0 Å². The summed E-state index contributed by atoms with van der Waals surface area (Å²) in [6, 6.07) is 0. The molecule has 0 unspecified atom stereocenters. The Labute approximate surface area is 106 Å². The number of hydrogen-bond donors (Lipinski definition) is 1. The molecule has 0 aromatic rings. The van der Waals surface area contributed by atoms with E-state index in [9.17, 15) is 8.42 Å². The molecule has 0 amide bonds. The fourth-order valence-corrected chi connectivity index (χ4v) is 3.36. The highest BCUT2D eigenvalue weighted by Gasteiger charge is 2.32. The van der Waals surface area contributed by atoms with Crippen LogP contribution in [0.1, 0.15) is 6.92 Å². The summed E-state index contributed by atoms with van der Waals surface area (Å²) >= 11 is 11.4. The minimum atomic E-state index is -3.53. The summed E-state index contributed by atoms with van der Waals surface area (Å²) in [6.45, 7) is 3.22. The number of alkyl halides is 2. The summed E-state index contributed by atoms with van der Waals surface area (Å²) < 4.78 is 32.9. The molecule has 1 rings (SSSR count). The molecule has 96 valence electrons. The number of nitrogens with zero attached hydrogens (tertiary/aromatic N) is 1. The Morgan fingerprint density at radius 1 is 1.31 bits per heavy atom. The van der Waals surface area contributed by atoms with Crippen molar-refractivity contribution in [1.29, 1.82) is 0 Å². The van der Waals surface area contributed by atoms with E-state index in [0.29, 0.717) is 26.3 Å². The second-order valence-electron chi connectivity index (χ2n) is 3.95. The van der Waals surface area contributed by atoms with Gasteiger partial charge in [0.05, 0.1) is 18.8 Å². The smallest absolute Gasteiger partial charge is 0.280 e. The van der Waals surface area contributed by atoms with Gasteiger partial charge in [0.25, 0.3) is 10.2 Å². The van der Waals surface area contributed by atoms with Crippen LogP contribution in [0.5, 0.6) is 0 Å². The van der Waals surface area contributed by atoms with E-state index in [1.165, 1.54) is 4.31 Å². The Morgan fingerprint density at radius 2 is 1.81 bits per heavy atom. The molecular formula is C8H16Cl2N2O3S. The fraction of sp³-hybridized carbons (Fsp3) is 1.00. The molecule has 16 heavy (non-hydrogen) atoms. The van der Waals surface area contributed by atoms with E-state index in [2.05, 4.69) is 4.72 Å². The van der Waals surface area contributed by atoms with Gasteiger partial charge in [-0.15, -0.1) is 23.2 Å². The minimum absolute atomic E-state index is 0.125. The number of morpholine rings is 1. The third-order valence-electron chi connectivity index (χ3n) is 2.28. The lowest BCUT2D eigenvalue weighted by Gasteiger charge is -2.32. The molecule has 1 N–H and O–H groups in total. The summed E-state index contributed by atoms with van der Waals surface area (Å²) in [5.41, 5.74) is -0.819. The Morgan fingerprint density at radius 3 is 2.25 bits per heavy atom. The highest BCUT2D eigenvalue weighted by atomic mass is 35.5. The number of halogens is 2. The highest BCUT2D eigenvalue weighted by molar-refractivity contribution is 7.87. The van der Waals surface area contributed by atoms with Crippen molar-refractivity contribution in [2.24, 2.45) is 0 Å². The standard InChI is InChI=1S/C8H16Cl2N2O3S/c1-8(6-9,7-10)11-16(13,14)12-2-4-15-5-3-12/h11H,2-7H2,1H3. The summed E-state index contributed by atoms with van der Waals surface area (Å²) in [4.78, 5) is 0. The van der Waals surface area contributed by atoms with E-state index < -0.39 is 15.7 Å². The van der Waals surface area contributed by atoms with Gasteiger partial charge in [-0.05, 0) is 6.92 Å². The number of nitrogens with one attached hydrogen (secondary N) is 1. The molecule has 0 spiro atoms. The van der Waals surface area contributed by atoms with Gasteiger partial charge in [0.1, 0.15) is 0 Å². The summed E-state index contributed by atoms with van der Waals surface area (Å²) in [6.07, 6.45) is 0. The van der Waals surface area contributed by atoms with Gasteiger partial charge in [-0.2, -0.15) is 17.4 Å². The summed E-state index contributed by atoms with van der Waals surface area (Å²) in [7, 11) is -3.53. The molecule has 5 nitrogen and oxygen atoms in total. The predicted molar refractivity (Wildman–Crippen MR) is 64.3 cm³/mol. The van der Waals surface area contributed by atoms with Crippen LogP contribution in [0.2, 0.25) is 0 Å². The zero-order valence-corrected chi connectivity index (χ0v) is 11.4. The van der Waals surface area contributed by atoms with E-state index in [4.69, 9.17) is 27.9 Å². The van der Waals surface area contributed by atoms with Crippen LogP contribution in [0.3, 0.4) is 0 Å². The summed E-state index contributed by atoms with van der Waals surface area (Å²) in [5, 5.41) is 0. The minimum Gasteiger partial charge on any atom is -0.379 e. The predicted octanol–water partition coefficient (Wildman–Crippen LogP) is 0.389. The zero-order chi connectivity index (χ0) is 12.2. The molecule has 0 radical (unpaired) electrons. The van der Waals surface area contributed by atoms with Gasteiger partial charge >= 0.3 is 0 Å². The first-order valence-corrected chi connectivity index (χ1v) is 7.43. The van der Waals surface area contributed by atoms with Crippen LogP contribution < -0.4 is 4.72 Å².